The highest BCUT2D eigenvalue weighted by atomic mass is 32.2. The monoisotopic (exact) mass is 333 g/mol. The van der Waals surface area contributed by atoms with Crippen molar-refractivity contribution in [2.45, 2.75) is 25.2 Å². The number of fused-ring (bicyclic) bond motifs is 1. The molecule has 0 radical (unpaired) electrons. The number of hydrazone groups is 1. The molecule has 0 aliphatic carbocycles. The van der Waals surface area contributed by atoms with Crippen LogP contribution in [0.5, 0.6) is 0 Å². The molecule has 3 rings (SSSR count). The number of hydrogen-bond acceptors (Lipinski definition) is 5. The van der Waals surface area contributed by atoms with Gasteiger partial charge in [0.1, 0.15) is 0 Å². The molecule has 1 unspecified atom stereocenters. The summed E-state index contributed by atoms with van der Waals surface area (Å²) in [5.74, 6) is 1.34. The first-order valence-corrected chi connectivity index (χ1v) is 9.12. The Morgan fingerprint density at radius 1 is 1.50 bits per heavy atom. The number of guanidine groups is 1. The van der Waals surface area contributed by atoms with Gasteiger partial charge in [0.05, 0.1) is 22.3 Å². The lowest BCUT2D eigenvalue weighted by Gasteiger charge is -2.18. The van der Waals surface area contributed by atoms with Crippen molar-refractivity contribution in [2.75, 3.05) is 13.1 Å². The first kappa shape index (κ1) is 15.3. The average Bonchev–Trinajstić information content (AvgIpc) is 3.19. The predicted octanol–water partition coefficient (Wildman–Crippen LogP) is 3.60. The second-order valence-electron chi connectivity index (χ2n) is 5.00. The second-order valence-corrected chi connectivity index (χ2v) is 6.76. The highest BCUT2D eigenvalue weighted by molar-refractivity contribution is 7.98. The smallest absolute Gasteiger partial charge is 0.225 e. The molecule has 1 aliphatic rings. The van der Waals surface area contributed by atoms with Crippen LogP contribution in [0.1, 0.15) is 20.3 Å². The Morgan fingerprint density at radius 3 is 3.18 bits per heavy atom. The lowest BCUT2D eigenvalue weighted by atomic mass is 10.1. The fourth-order valence-corrected chi connectivity index (χ4v) is 3.67. The zero-order valence-corrected chi connectivity index (χ0v) is 14.3. The van der Waals surface area contributed by atoms with E-state index >= 15 is 0 Å². The van der Waals surface area contributed by atoms with Crippen molar-refractivity contribution >= 4 is 45.7 Å². The number of aliphatic imine (C=N–C) groups is 1. The molecule has 0 amide bonds. The van der Waals surface area contributed by atoms with Crippen LogP contribution in [0.25, 0.3) is 10.2 Å². The molecule has 1 aromatic heterocycles. The van der Waals surface area contributed by atoms with E-state index in [9.17, 15) is 0 Å². The fraction of sp³-hybridized carbons (Fsp3) is 0.400. The summed E-state index contributed by atoms with van der Waals surface area (Å²) in [4.78, 5) is 9.98. The maximum atomic E-state index is 4.53. The summed E-state index contributed by atoms with van der Waals surface area (Å²) in [6.45, 7) is 5.85. The Morgan fingerprint density at radius 2 is 2.41 bits per heavy atom. The van der Waals surface area contributed by atoms with Gasteiger partial charge in [0, 0.05) is 23.6 Å². The van der Waals surface area contributed by atoms with Crippen LogP contribution in [-0.4, -0.2) is 35.3 Å². The van der Waals surface area contributed by atoms with E-state index in [1.54, 1.807) is 23.3 Å². The first-order chi connectivity index (χ1) is 10.8. The molecular weight excluding hydrogens is 314 g/mol. The predicted molar refractivity (Wildman–Crippen MR) is 95.6 cm³/mol. The van der Waals surface area contributed by atoms with Crippen molar-refractivity contribution in [2.24, 2.45) is 16.0 Å². The fourth-order valence-electron chi connectivity index (χ4n) is 2.19. The minimum atomic E-state index is 0.516. The average molecular weight is 333 g/mol. The summed E-state index contributed by atoms with van der Waals surface area (Å²) in [5, 5.41) is 6.41. The van der Waals surface area contributed by atoms with Gasteiger partial charge in [-0.2, -0.15) is 5.10 Å². The van der Waals surface area contributed by atoms with E-state index in [0.29, 0.717) is 5.92 Å². The van der Waals surface area contributed by atoms with Gasteiger partial charge in [-0.3, -0.25) is 9.71 Å². The summed E-state index contributed by atoms with van der Waals surface area (Å²) in [6, 6.07) is 6.27. The molecule has 5 nitrogen and oxygen atoms in total. The molecule has 0 bridgehead atoms. The molecule has 2 heterocycles. The Kier molecular flexibility index (Phi) is 4.94. The highest BCUT2D eigenvalue weighted by Gasteiger charge is 2.20. The van der Waals surface area contributed by atoms with Crippen molar-refractivity contribution in [3.05, 3.63) is 23.7 Å². The van der Waals surface area contributed by atoms with Crippen molar-refractivity contribution in [3.63, 3.8) is 0 Å². The molecular formula is C15H19N5S2. The molecule has 0 saturated carbocycles. The lowest BCUT2D eigenvalue weighted by Crippen LogP contribution is -2.34. The molecule has 2 aromatic rings. The second kappa shape index (κ2) is 7.11. The van der Waals surface area contributed by atoms with Gasteiger partial charge >= 0.3 is 0 Å². The van der Waals surface area contributed by atoms with Gasteiger partial charge in [0.15, 0.2) is 0 Å². The largest absolute Gasteiger partial charge is 0.295 e. The Balaban J connectivity index is 1.66. The SMILES string of the molecule is CCN=C(NSc1ccc2ncsc2c1)N1CC(CC)C=N1. The number of benzene rings is 1. The minimum Gasteiger partial charge on any atom is -0.295 e. The van der Waals surface area contributed by atoms with Gasteiger partial charge in [-0.25, -0.2) is 9.99 Å². The van der Waals surface area contributed by atoms with Crippen molar-refractivity contribution in [3.8, 4) is 0 Å². The molecule has 0 saturated heterocycles. The quantitative estimate of drug-likeness (QED) is 0.528. The summed E-state index contributed by atoms with van der Waals surface area (Å²) in [6.07, 6.45) is 3.12. The van der Waals surface area contributed by atoms with Gasteiger partial charge in [-0.1, -0.05) is 6.92 Å². The summed E-state index contributed by atoms with van der Waals surface area (Å²) in [5.41, 5.74) is 2.92. The zero-order valence-electron chi connectivity index (χ0n) is 12.7. The zero-order chi connectivity index (χ0) is 15.4. The van der Waals surface area contributed by atoms with E-state index in [2.05, 4.69) is 38.9 Å². The lowest BCUT2D eigenvalue weighted by molar-refractivity contribution is 0.431. The van der Waals surface area contributed by atoms with Gasteiger partial charge in [-0.15, -0.1) is 11.3 Å². The number of rotatable bonds is 4. The van der Waals surface area contributed by atoms with Crippen LogP contribution in [0.3, 0.4) is 0 Å². The van der Waals surface area contributed by atoms with Crippen LogP contribution in [0.4, 0.5) is 0 Å². The Bertz CT molecular complexity index is 694. The Labute approximate surface area is 138 Å². The van der Waals surface area contributed by atoms with E-state index < -0.39 is 0 Å². The summed E-state index contributed by atoms with van der Waals surface area (Å²) in [7, 11) is 0. The number of hydrogen-bond donors (Lipinski definition) is 1. The third-order valence-corrected chi connectivity index (χ3v) is 5.03. The van der Waals surface area contributed by atoms with Crippen LogP contribution in [0, 0.1) is 5.92 Å². The van der Waals surface area contributed by atoms with Gasteiger partial charge < -0.3 is 0 Å². The number of nitrogens with zero attached hydrogens (tertiary/aromatic N) is 4. The molecule has 1 aliphatic heterocycles. The summed E-state index contributed by atoms with van der Waals surface area (Å²) < 4.78 is 4.54. The van der Waals surface area contributed by atoms with E-state index in [-0.39, 0.29) is 0 Å². The van der Waals surface area contributed by atoms with E-state index in [0.717, 1.165) is 35.9 Å². The van der Waals surface area contributed by atoms with Crippen LogP contribution in [-0.2, 0) is 0 Å². The Hall–Kier alpha value is -1.60. The first-order valence-electron chi connectivity index (χ1n) is 7.42. The summed E-state index contributed by atoms with van der Waals surface area (Å²) >= 11 is 3.22. The standard InChI is InChI=1S/C15H19N5S2/c1-3-11-8-18-20(9-11)15(16-4-2)19-22-12-5-6-13-14(7-12)21-10-17-13/h5-8,10-11H,3-4,9H2,1-2H3,(H,16,19). The molecule has 1 atom stereocenters. The van der Waals surface area contributed by atoms with E-state index in [4.69, 9.17) is 0 Å². The topological polar surface area (TPSA) is 52.9 Å². The van der Waals surface area contributed by atoms with E-state index in [1.807, 2.05) is 29.7 Å². The maximum absolute atomic E-state index is 4.53. The number of nitrogens with one attached hydrogen (secondary N) is 1. The molecule has 7 heteroatoms. The maximum Gasteiger partial charge on any atom is 0.225 e. The third kappa shape index (κ3) is 3.41. The molecule has 0 fully saturated rings. The van der Waals surface area contributed by atoms with Crippen molar-refractivity contribution in [1.29, 1.82) is 0 Å². The minimum absolute atomic E-state index is 0.516. The van der Waals surface area contributed by atoms with Crippen molar-refractivity contribution < 1.29 is 0 Å². The van der Waals surface area contributed by atoms with Crippen LogP contribution in [0.2, 0.25) is 0 Å². The van der Waals surface area contributed by atoms with Gasteiger partial charge in [0.25, 0.3) is 0 Å². The van der Waals surface area contributed by atoms with Crippen LogP contribution < -0.4 is 4.72 Å². The molecule has 1 aromatic carbocycles. The molecule has 0 spiro atoms. The molecule has 22 heavy (non-hydrogen) atoms. The van der Waals surface area contributed by atoms with Crippen LogP contribution >= 0.6 is 23.3 Å². The normalized spacial score (nSPS) is 18.4. The molecule has 1 N–H and O–H groups in total. The van der Waals surface area contributed by atoms with Crippen molar-refractivity contribution in [1.82, 2.24) is 14.7 Å². The van der Waals surface area contributed by atoms with Crippen LogP contribution in [0.15, 0.2) is 38.7 Å². The number of thiazole rings is 1. The molecule has 116 valence electrons. The number of aromatic nitrogens is 1. The third-order valence-electron chi connectivity index (χ3n) is 3.46. The van der Waals surface area contributed by atoms with Gasteiger partial charge in [0.2, 0.25) is 5.96 Å². The highest BCUT2D eigenvalue weighted by Crippen LogP contribution is 2.24. The van der Waals surface area contributed by atoms with Gasteiger partial charge in [-0.05, 0) is 43.5 Å². The van der Waals surface area contributed by atoms with E-state index in [1.165, 1.54) is 4.70 Å².